The van der Waals surface area contributed by atoms with Crippen molar-refractivity contribution in [3.05, 3.63) is 47.0 Å². The summed E-state index contributed by atoms with van der Waals surface area (Å²) in [6.07, 6.45) is 5.38. The molecule has 0 saturated heterocycles. The number of aromatic carboxylic acids is 1. The molecule has 0 radical (unpaired) electrons. The first-order valence-corrected chi connectivity index (χ1v) is 6.23. The van der Waals surface area contributed by atoms with Gasteiger partial charge in [-0.15, -0.1) is 0 Å². The first-order chi connectivity index (χ1) is 9.59. The molecular formula is C12H6BrFN4O2. The summed E-state index contributed by atoms with van der Waals surface area (Å²) in [5, 5.41) is 9.39. The van der Waals surface area contributed by atoms with Crippen molar-refractivity contribution in [3.63, 3.8) is 0 Å². The van der Waals surface area contributed by atoms with Gasteiger partial charge in [-0.2, -0.15) is 4.39 Å². The number of hydrogen-bond donors (Lipinski definition) is 1. The number of carboxylic acids is 1. The second-order valence-corrected chi connectivity index (χ2v) is 4.76. The van der Waals surface area contributed by atoms with Crippen LogP contribution in [0.15, 0.2) is 35.5 Å². The summed E-state index contributed by atoms with van der Waals surface area (Å²) in [6, 6.07) is 1.37. The van der Waals surface area contributed by atoms with Crippen LogP contribution in [0.4, 0.5) is 4.39 Å². The lowest BCUT2D eigenvalue weighted by Crippen LogP contribution is -2.06. The second kappa shape index (κ2) is 4.64. The van der Waals surface area contributed by atoms with E-state index >= 15 is 0 Å². The van der Waals surface area contributed by atoms with Gasteiger partial charge in [0.1, 0.15) is 6.33 Å². The maximum Gasteiger partial charge on any atom is 0.337 e. The molecule has 0 spiro atoms. The monoisotopic (exact) mass is 336 g/mol. The summed E-state index contributed by atoms with van der Waals surface area (Å²) >= 11 is 3.22. The minimum atomic E-state index is -1.10. The van der Waals surface area contributed by atoms with E-state index in [0.29, 0.717) is 10.2 Å². The largest absolute Gasteiger partial charge is 0.478 e. The molecule has 0 unspecified atom stereocenters. The Bertz CT molecular complexity index is 833. The summed E-state index contributed by atoms with van der Waals surface area (Å²) in [5.41, 5.74) is 0.608. The van der Waals surface area contributed by atoms with E-state index in [4.69, 9.17) is 0 Å². The highest BCUT2D eigenvalue weighted by molar-refractivity contribution is 9.10. The number of halogens is 2. The quantitative estimate of drug-likeness (QED) is 0.727. The van der Waals surface area contributed by atoms with Crippen LogP contribution in [0.3, 0.4) is 0 Å². The first kappa shape index (κ1) is 12.7. The Morgan fingerprint density at radius 1 is 1.40 bits per heavy atom. The fourth-order valence-corrected chi connectivity index (χ4v) is 2.47. The van der Waals surface area contributed by atoms with Gasteiger partial charge >= 0.3 is 5.97 Å². The van der Waals surface area contributed by atoms with Crippen molar-refractivity contribution in [3.8, 4) is 5.69 Å². The highest BCUT2D eigenvalue weighted by atomic mass is 79.9. The summed E-state index contributed by atoms with van der Waals surface area (Å²) in [6.45, 7) is 0. The zero-order chi connectivity index (χ0) is 14.3. The van der Waals surface area contributed by atoms with Crippen LogP contribution in [-0.2, 0) is 0 Å². The molecule has 3 rings (SSSR count). The van der Waals surface area contributed by atoms with E-state index in [1.54, 1.807) is 0 Å². The molecule has 0 amide bonds. The lowest BCUT2D eigenvalue weighted by Gasteiger charge is -2.07. The molecule has 100 valence electrons. The van der Waals surface area contributed by atoms with Crippen molar-refractivity contribution in [2.75, 3.05) is 0 Å². The van der Waals surface area contributed by atoms with Crippen LogP contribution in [0.25, 0.3) is 16.7 Å². The van der Waals surface area contributed by atoms with Gasteiger partial charge in [0.05, 0.1) is 22.8 Å². The molecule has 3 aromatic heterocycles. The van der Waals surface area contributed by atoms with E-state index in [0.717, 1.165) is 6.33 Å². The van der Waals surface area contributed by atoms with E-state index in [2.05, 4.69) is 30.9 Å². The Labute approximate surface area is 120 Å². The molecule has 0 aliphatic heterocycles. The van der Waals surface area contributed by atoms with Crippen LogP contribution in [0.5, 0.6) is 0 Å². The standard InChI is InChI=1S/C12H6BrFN4O2/c13-7-4-18(11-9(7)10(14)16-5-17-11)8-3-15-2-1-6(8)12(19)20/h1-5H,(H,19,20). The number of rotatable bonds is 2. The van der Waals surface area contributed by atoms with Crippen LogP contribution in [0, 0.1) is 5.95 Å². The van der Waals surface area contributed by atoms with E-state index in [1.807, 2.05) is 0 Å². The Hall–Kier alpha value is -2.35. The smallest absolute Gasteiger partial charge is 0.337 e. The molecule has 0 fully saturated rings. The van der Waals surface area contributed by atoms with Gasteiger partial charge in [-0.25, -0.2) is 14.8 Å². The minimum Gasteiger partial charge on any atom is -0.478 e. The molecule has 20 heavy (non-hydrogen) atoms. The Balaban J connectivity index is 2.37. The van der Waals surface area contributed by atoms with Crippen LogP contribution < -0.4 is 0 Å². The van der Waals surface area contributed by atoms with Gasteiger partial charge in [-0.3, -0.25) is 9.55 Å². The van der Waals surface area contributed by atoms with Gasteiger partial charge in [0.25, 0.3) is 0 Å². The zero-order valence-corrected chi connectivity index (χ0v) is 11.4. The zero-order valence-electron chi connectivity index (χ0n) is 9.79. The van der Waals surface area contributed by atoms with Gasteiger partial charge in [-0.05, 0) is 22.0 Å². The SMILES string of the molecule is O=C(O)c1ccncc1-n1cc(Br)c2c(F)ncnc21. The first-order valence-electron chi connectivity index (χ1n) is 5.44. The summed E-state index contributed by atoms with van der Waals surface area (Å²) < 4.78 is 15.6. The van der Waals surface area contributed by atoms with Crippen LogP contribution in [-0.4, -0.2) is 30.6 Å². The van der Waals surface area contributed by atoms with E-state index in [9.17, 15) is 14.3 Å². The van der Waals surface area contributed by atoms with Gasteiger partial charge in [0, 0.05) is 16.9 Å². The normalized spacial score (nSPS) is 10.9. The van der Waals surface area contributed by atoms with Crippen LogP contribution >= 0.6 is 15.9 Å². The van der Waals surface area contributed by atoms with Gasteiger partial charge in [0.2, 0.25) is 5.95 Å². The Kier molecular flexibility index (Phi) is 2.94. The predicted octanol–water partition coefficient (Wildman–Crippen LogP) is 2.42. The van der Waals surface area contributed by atoms with Gasteiger partial charge < -0.3 is 5.11 Å². The van der Waals surface area contributed by atoms with Crippen molar-refractivity contribution in [2.45, 2.75) is 0 Å². The van der Waals surface area contributed by atoms with Gasteiger partial charge in [0.15, 0.2) is 5.65 Å². The van der Waals surface area contributed by atoms with Crippen LogP contribution in [0.2, 0.25) is 0 Å². The third kappa shape index (κ3) is 1.85. The summed E-state index contributed by atoms with van der Waals surface area (Å²) in [7, 11) is 0. The number of hydrogen-bond acceptors (Lipinski definition) is 4. The number of aromatic nitrogens is 4. The lowest BCUT2D eigenvalue weighted by atomic mass is 10.2. The fraction of sp³-hybridized carbons (Fsp3) is 0. The average Bonchev–Trinajstić information content (AvgIpc) is 2.77. The van der Waals surface area contributed by atoms with Crippen molar-refractivity contribution in [2.24, 2.45) is 0 Å². The predicted molar refractivity (Wildman–Crippen MR) is 71.3 cm³/mol. The third-order valence-electron chi connectivity index (χ3n) is 2.78. The maximum absolute atomic E-state index is 13.7. The third-order valence-corrected chi connectivity index (χ3v) is 3.38. The fourth-order valence-electron chi connectivity index (χ4n) is 1.93. The average molecular weight is 337 g/mol. The highest BCUT2D eigenvalue weighted by Gasteiger charge is 2.18. The molecule has 0 atom stereocenters. The molecule has 3 aromatic rings. The molecule has 8 heteroatoms. The molecule has 0 bridgehead atoms. The summed E-state index contributed by atoms with van der Waals surface area (Å²) in [4.78, 5) is 22.6. The second-order valence-electron chi connectivity index (χ2n) is 3.91. The summed E-state index contributed by atoms with van der Waals surface area (Å²) in [5.74, 6) is -1.78. The molecule has 0 aliphatic carbocycles. The number of fused-ring (bicyclic) bond motifs is 1. The Morgan fingerprint density at radius 2 is 2.20 bits per heavy atom. The van der Waals surface area contributed by atoms with E-state index in [1.165, 1.54) is 29.2 Å². The van der Waals surface area contributed by atoms with Crippen molar-refractivity contribution >= 4 is 32.9 Å². The van der Waals surface area contributed by atoms with Crippen molar-refractivity contribution < 1.29 is 14.3 Å². The Morgan fingerprint density at radius 3 is 2.95 bits per heavy atom. The number of carboxylic acid groups (broad SMARTS) is 1. The van der Waals surface area contributed by atoms with Gasteiger partial charge in [-0.1, -0.05) is 0 Å². The van der Waals surface area contributed by atoms with Crippen LogP contribution in [0.1, 0.15) is 10.4 Å². The molecule has 1 N–H and O–H groups in total. The molecule has 3 heterocycles. The van der Waals surface area contributed by atoms with E-state index in [-0.39, 0.29) is 16.6 Å². The number of pyridine rings is 1. The molecule has 0 saturated carbocycles. The minimum absolute atomic E-state index is 0.0448. The molecule has 0 aromatic carbocycles. The highest BCUT2D eigenvalue weighted by Crippen LogP contribution is 2.29. The lowest BCUT2D eigenvalue weighted by molar-refractivity contribution is 0.0697. The number of nitrogens with zero attached hydrogens (tertiary/aromatic N) is 4. The van der Waals surface area contributed by atoms with Crippen molar-refractivity contribution in [1.29, 1.82) is 0 Å². The number of carbonyl (C=O) groups is 1. The van der Waals surface area contributed by atoms with Crippen molar-refractivity contribution in [1.82, 2.24) is 19.5 Å². The van der Waals surface area contributed by atoms with E-state index < -0.39 is 11.9 Å². The molecule has 6 nitrogen and oxygen atoms in total. The maximum atomic E-state index is 13.7. The topological polar surface area (TPSA) is 80.9 Å². The molecular weight excluding hydrogens is 331 g/mol. The molecule has 0 aliphatic rings.